The first-order valence-corrected chi connectivity index (χ1v) is 5.83. The molecule has 15 heavy (non-hydrogen) atoms. The normalized spacial score (nSPS) is 10.7. The molecule has 1 rings (SSSR count). The molecule has 0 fully saturated rings. The average molecular weight is 315 g/mol. The highest BCUT2D eigenvalue weighted by Gasteiger charge is 2.06. The summed E-state index contributed by atoms with van der Waals surface area (Å²) in [7, 11) is 0. The highest BCUT2D eigenvalue weighted by molar-refractivity contribution is 14.1. The third-order valence-electron chi connectivity index (χ3n) is 2.00. The Bertz CT molecular complexity index is 387. The molecule has 0 bridgehead atoms. The van der Waals surface area contributed by atoms with Crippen LogP contribution in [0.1, 0.15) is 18.1 Å². The maximum absolute atomic E-state index is 11.4. The molecule has 1 amide bonds. The van der Waals surface area contributed by atoms with Crippen molar-refractivity contribution in [3.05, 3.63) is 39.0 Å². The molecule has 0 aliphatic heterocycles. The van der Waals surface area contributed by atoms with Crippen LogP contribution >= 0.6 is 22.6 Å². The average Bonchev–Trinajstić information content (AvgIpc) is 2.11. The van der Waals surface area contributed by atoms with Crippen LogP contribution in [0.15, 0.2) is 24.3 Å². The zero-order chi connectivity index (χ0) is 11.4. The number of carbonyl (C=O) groups excluding carboxylic acids is 1. The molecule has 0 aromatic heterocycles. The Morgan fingerprint density at radius 2 is 2.07 bits per heavy atom. The van der Waals surface area contributed by atoms with Gasteiger partial charge >= 0.3 is 0 Å². The van der Waals surface area contributed by atoms with Gasteiger partial charge in [-0.15, -0.1) is 0 Å². The zero-order valence-electron chi connectivity index (χ0n) is 9.10. The number of nitrogens with one attached hydrogen (secondary N) is 1. The first-order valence-electron chi connectivity index (χ1n) is 4.75. The minimum atomic E-state index is -0.0811. The van der Waals surface area contributed by atoms with Crippen LogP contribution in [0.3, 0.4) is 0 Å². The van der Waals surface area contributed by atoms with Crippen LogP contribution in [-0.4, -0.2) is 5.91 Å². The van der Waals surface area contributed by atoms with E-state index in [1.807, 2.05) is 20.8 Å². The predicted molar refractivity (Wildman–Crippen MR) is 72.1 cm³/mol. The second kappa shape index (κ2) is 5.30. The Morgan fingerprint density at radius 1 is 1.40 bits per heavy atom. The summed E-state index contributed by atoms with van der Waals surface area (Å²) in [5.74, 6) is -0.0811. The number of amides is 1. The van der Waals surface area contributed by atoms with Crippen LogP contribution in [0.4, 0.5) is 5.69 Å². The molecular weight excluding hydrogens is 301 g/mol. The van der Waals surface area contributed by atoms with Crippen molar-refractivity contribution in [2.45, 2.75) is 20.8 Å². The molecule has 1 aromatic carbocycles. The molecule has 0 spiro atoms. The summed E-state index contributed by atoms with van der Waals surface area (Å²) in [4.78, 5) is 11.4. The minimum Gasteiger partial charge on any atom is -0.321 e. The first-order chi connectivity index (χ1) is 7.04. The third kappa shape index (κ3) is 3.34. The van der Waals surface area contributed by atoms with Gasteiger partial charge in [0.25, 0.3) is 0 Å². The van der Waals surface area contributed by atoms with E-state index in [0.29, 0.717) is 0 Å². The lowest BCUT2D eigenvalue weighted by Gasteiger charge is -2.10. The lowest BCUT2D eigenvalue weighted by atomic mass is 10.1. The van der Waals surface area contributed by atoms with Gasteiger partial charge in [0.05, 0.1) is 5.69 Å². The van der Waals surface area contributed by atoms with Gasteiger partial charge in [-0.2, -0.15) is 0 Å². The summed E-state index contributed by atoms with van der Waals surface area (Å²) >= 11 is 2.23. The van der Waals surface area contributed by atoms with Gasteiger partial charge in [0.1, 0.15) is 0 Å². The molecule has 0 heterocycles. The van der Waals surface area contributed by atoms with Crippen molar-refractivity contribution in [2.75, 3.05) is 5.32 Å². The second-order valence-corrected chi connectivity index (χ2v) is 4.59. The van der Waals surface area contributed by atoms with Gasteiger partial charge < -0.3 is 5.32 Å². The van der Waals surface area contributed by atoms with E-state index < -0.39 is 0 Å². The molecule has 0 aliphatic rings. The zero-order valence-corrected chi connectivity index (χ0v) is 11.3. The Kier molecular flexibility index (Phi) is 4.32. The van der Waals surface area contributed by atoms with E-state index in [-0.39, 0.29) is 5.91 Å². The highest BCUT2D eigenvalue weighted by Crippen LogP contribution is 2.24. The molecule has 1 N–H and O–H groups in total. The first kappa shape index (κ1) is 12.2. The predicted octanol–water partition coefficient (Wildman–Crippen LogP) is 3.42. The van der Waals surface area contributed by atoms with E-state index in [9.17, 15) is 4.79 Å². The van der Waals surface area contributed by atoms with Gasteiger partial charge in [-0.05, 0) is 66.6 Å². The van der Waals surface area contributed by atoms with Crippen LogP contribution < -0.4 is 5.32 Å². The van der Waals surface area contributed by atoms with E-state index in [1.165, 1.54) is 11.6 Å². The summed E-state index contributed by atoms with van der Waals surface area (Å²) in [6.07, 6.45) is 3.25. The Morgan fingerprint density at radius 3 is 2.60 bits per heavy atom. The number of benzene rings is 1. The summed E-state index contributed by atoms with van der Waals surface area (Å²) in [5.41, 5.74) is 3.21. The number of aryl methyl sites for hydroxylation is 2. The van der Waals surface area contributed by atoms with Crippen molar-refractivity contribution in [1.82, 2.24) is 0 Å². The third-order valence-corrected chi connectivity index (χ3v) is 2.85. The van der Waals surface area contributed by atoms with Gasteiger partial charge in [-0.1, -0.05) is 12.1 Å². The molecule has 0 saturated carbocycles. The van der Waals surface area contributed by atoms with E-state index in [0.717, 1.165) is 14.8 Å². The number of carbonyl (C=O) groups is 1. The number of rotatable bonds is 2. The van der Waals surface area contributed by atoms with E-state index in [1.54, 1.807) is 6.08 Å². The topological polar surface area (TPSA) is 29.1 Å². The van der Waals surface area contributed by atoms with E-state index in [2.05, 4.69) is 40.0 Å². The number of hydrogen-bond donors (Lipinski definition) is 1. The van der Waals surface area contributed by atoms with Gasteiger partial charge in [0.2, 0.25) is 5.91 Å². The number of hydrogen-bond acceptors (Lipinski definition) is 1. The quantitative estimate of drug-likeness (QED) is 0.657. The lowest BCUT2D eigenvalue weighted by Crippen LogP contribution is -2.10. The van der Waals surface area contributed by atoms with Crippen molar-refractivity contribution < 1.29 is 4.79 Å². The maximum Gasteiger partial charge on any atom is 0.248 e. The molecule has 0 radical (unpaired) electrons. The van der Waals surface area contributed by atoms with Crippen molar-refractivity contribution in [1.29, 1.82) is 0 Å². The number of allylic oxidation sites excluding steroid dienone is 1. The summed E-state index contributed by atoms with van der Waals surface area (Å²) in [6.45, 7) is 5.87. The van der Waals surface area contributed by atoms with Gasteiger partial charge in [0, 0.05) is 3.57 Å². The van der Waals surface area contributed by atoms with Crippen LogP contribution in [0, 0.1) is 17.4 Å². The van der Waals surface area contributed by atoms with Crippen molar-refractivity contribution >= 4 is 34.2 Å². The van der Waals surface area contributed by atoms with Crippen molar-refractivity contribution in [3.63, 3.8) is 0 Å². The second-order valence-electron chi connectivity index (χ2n) is 3.43. The van der Waals surface area contributed by atoms with Gasteiger partial charge in [-0.25, -0.2) is 0 Å². The summed E-state index contributed by atoms with van der Waals surface area (Å²) < 4.78 is 1.07. The van der Waals surface area contributed by atoms with Gasteiger partial charge in [-0.3, -0.25) is 4.79 Å². The molecule has 2 nitrogen and oxygen atoms in total. The molecule has 1 aromatic rings. The molecular formula is C12H14INO. The molecule has 0 saturated heterocycles. The molecule has 80 valence electrons. The van der Waals surface area contributed by atoms with Crippen molar-refractivity contribution in [2.24, 2.45) is 0 Å². The fourth-order valence-corrected chi connectivity index (χ4v) is 2.44. The number of anilines is 1. The Hall–Kier alpha value is -0.840. The van der Waals surface area contributed by atoms with Crippen LogP contribution in [-0.2, 0) is 4.79 Å². The number of halogens is 1. The molecule has 0 unspecified atom stereocenters. The lowest BCUT2D eigenvalue weighted by molar-refractivity contribution is -0.111. The maximum atomic E-state index is 11.4. The summed E-state index contributed by atoms with van der Waals surface area (Å²) in [5, 5.41) is 2.87. The van der Waals surface area contributed by atoms with Crippen LogP contribution in [0.5, 0.6) is 0 Å². The largest absolute Gasteiger partial charge is 0.321 e. The standard InChI is InChI=1S/C12H14INO/c1-4-5-11(15)14-12-9(3)6-8(2)7-10(12)13/h4-7H,1-3H3,(H,14,15)/b5-4+. The smallest absolute Gasteiger partial charge is 0.248 e. The molecule has 0 atom stereocenters. The fraction of sp³-hybridized carbons (Fsp3) is 0.250. The Labute approximate surface area is 104 Å². The highest BCUT2D eigenvalue weighted by atomic mass is 127. The van der Waals surface area contributed by atoms with E-state index >= 15 is 0 Å². The summed E-state index contributed by atoms with van der Waals surface area (Å²) in [6, 6.07) is 4.12. The molecule has 3 heteroatoms. The van der Waals surface area contributed by atoms with Crippen molar-refractivity contribution in [3.8, 4) is 0 Å². The van der Waals surface area contributed by atoms with E-state index in [4.69, 9.17) is 0 Å². The van der Waals surface area contributed by atoms with Crippen LogP contribution in [0.25, 0.3) is 0 Å². The molecule has 0 aliphatic carbocycles. The minimum absolute atomic E-state index is 0.0811. The van der Waals surface area contributed by atoms with Gasteiger partial charge in [0.15, 0.2) is 0 Å². The van der Waals surface area contributed by atoms with Crippen LogP contribution in [0.2, 0.25) is 0 Å². The monoisotopic (exact) mass is 315 g/mol. The fourth-order valence-electron chi connectivity index (χ4n) is 1.39. The SMILES string of the molecule is C/C=C/C(=O)Nc1c(C)cc(C)cc1I. The Balaban J connectivity index is 3.00.